The van der Waals surface area contributed by atoms with Crippen LogP contribution in [0, 0.1) is 0 Å². The molecular weight excluding hydrogens is 354 g/mol. The maximum absolute atomic E-state index is 11.8. The highest BCUT2D eigenvalue weighted by Crippen LogP contribution is 2.34. The molecule has 3 aromatic rings. The standard InChI is InChI=1S/C23H19NO4/c1-23(2,14-3-7-16(25)8-4-14)15-5-9-17(10-6-15)28-18-11-12-19-20(13-18)22(27)24-21(19)26/h3-13,25H,1-2H3,(H,24,26,27). The molecular formula is C23H19NO4. The predicted octanol–water partition coefficient (Wildman–Crippen LogP) is 4.39. The van der Waals surface area contributed by atoms with E-state index in [-0.39, 0.29) is 17.1 Å². The number of hydrogen-bond donors (Lipinski definition) is 2. The van der Waals surface area contributed by atoms with E-state index >= 15 is 0 Å². The van der Waals surface area contributed by atoms with Gasteiger partial charge in [0.15, 0.2) is 0 Å². The first kappa shape index (κ1) is 17.8. The molecule has 28 heavy (non-hydrogen) atoms. The Morgan fingerprint density at radius 1 is 0.750 bits per heavy atom. The van der Waals surface area contributed by atoms with E-state index in [1.165, 1.54) is 0 Å². The fraction of sp³-hybridized carbons (Fsp3) is 0.130. The van der Waals surface area contributed by atoms with Crippen molar-refractivity contribution in [2.75, 3.05) is 0 Å². The largest absolute Gasteiger partial charge is 0.508 e. The van der Waals surface area contributed by atoms with E-state index in [9.17, 15) is 14.7 Å². The quantitative estimate of drug-likeness (QED) is 0.665. The zero-order valence-electron chi connectivity index (χ0n) is 15.5. The highest BCUT2D eigenvalue weighted by Gasteiger charge is 2.27. The van der Waals surface area contributed by atoms with Crippen LogP contribution in [0.4, 0.5) is 0 Å². The van der Waals surface area contributed by atoms with E-state index in [1.807, 2.05) is 36.4 Å². The third-order valence-corrected chi connectivity index (χ3v) is 5.11. The van der Waals surface area contributed by atoms with E-state index in [0.29, 0.717) is 22.6 Å². The molecule has 1 aliphatic heterocycles. The molecule has 4 rings (SSSR count). The number of phenolic OH excluding ortho intramolecular Hbond substituents is 1. The van der Waals surface area contributed by atoms with Gasteiger partial charge in [-0.3, -0.25) is 14.9 Å². The number of nitrogens with one attached hydrogen (secondary N) is 1. The van der Waals surface area contributed by atoms with Gasteiger partial charge in [0.25, 0.3) is 11.8 Å². The van der Waals surface area contributed by atoms with Crippen molar-refractivity contribution >= 4 is 11.8 Å². The van der Waals surface area contributed by atoms with E-state index in [4.69, 9.17) is 4.74 Å². The second-order valence-corrected chi connectivity index (χ2v) is 7.29. The van der Waals surface area contributed by atoms with Crippen LogP contribution < -0.4 is 10.1 Å². The molecule has 2 N–H and O–H groups in total. The molecule has 0 radical (unpaired) electrons. The summed E-state index contributed by atoms with van der Waals surface area (Å²) in [6.45, 7) is 4.23. The maximum atomic E-state index is 11.8. The van der Waals surface area contributed by atoms with Gasteiger partial charge in [0, 0.05) is 5.41 Å². The molecule has 2 amide bonds. The summed E-state index contributed by atoms with van der Waals surface area (Å²) in [6, 6.07) is 19.8. The molecule has 0 aliphatic carbocycles. The van der Waals surface area contributed by atoms with Crippen molar-refractivity contribution in [3.63, 3.8) is 0 Å². The molecule has 5 heteroatoms. The van der Waals surface area contributed by atoms with E-state index < -0.39 is 5.91 Å². The monoisotopic (exact) mass is 373 g/mol. The molecule has 1 heterocycles. The van der Waals surface area contributed by atoms with Gasteiger partial charge in [-0.05, 0) is 53.6 Å². The molecule has 0 unspecified atom stereocenters. The van der Waals surface area contributed by atoms with Crippen LogP contribution in [0.5, 0.6) is 17.2 Å². The van der Waals surface area contributed by atoms with Crippen LogP contribution in [0.15, 0.2) is 66.7 Å². The Morgan fingerprint density at radius 3 is 1.93 bits per heavy atom. The topological polar surface area (TPSA) is 75.6 Å². The van der Waals surface area contributed by atoms with E-state index in [1.54, 1.807) is 30.3 Å². The fourth-order valence-electron chi connectivity index (χ4n) is 3.33. The number of aromatic hydroxyl groups is 1. The minimum Gasteiger partial charge on any atom is -0.508 e. The summed E-state index contributed by atoms with van der Waals surface area (Å²) >= 11 is 0. The van der Waals surface area contributed by atoms with Gasteiger partial charge in [0.2, 0.25) is 0 Å². The van der Waals surface area contributed by atoms with Gasteiger partial charge in [0.1, 0.15) is 17.2 Å². The average Bonchev–Trinajstić information content (AvgIpc) is 2.96. The van der Waals surface area contributed by atoms with Crippen molar-refractivity contribution < 1.29 is 19.4 Å². The molecule has 0 spiro atoms. The van der Waals surface area contributed by atoms with Gasteiger partial charge in [-0.2, -0.15) is 0 Å². The van der Waals surface area contributed by atoms with Crippen LogP contribution in [0.2, 0.25) is 0 Å². The number of fused-ring (bicyclic) bond motifs is 1. The smallest absolute Gasteiger partial charge is 0.259 e. The number of phenols is 1. The first-order chi connectivity index (χ1) is 13.3. The summed E-state index contributed by atoms with van der Waals surface area (Å²) in [5, 5.41) is 11.8. The molecule has 1 aliphatic rings. The van der Waals surface area contributed by atoms with Crippen molar-refractivity contribution in [2.45, 2.75) is 19.3 Å². The number of imide groups is 1. The Morgan fingerprint density at radius 2 is 1.29 bits per heavy atom. The molecule has 0 saturated heterocycles. The van der Waals surface area contributed by atoms with Crippen LogP contribution >= 0.6 is 0 Å². The maximum Gasteiger partial charge on any atom is 0.259 e. The summed E-state index contributed by atoms with van der Waals surface area (Å²) in [5.74, 6) is 0.584. The minimum atomic E-state index is -0.406. The molecule has 140 valence electrons. The third-order valence-electron chi connectivity index (χ3n) is 5.11. The molecule has 5 nitrogen and oxygen atoms in total. The van der Waals surface area contributed by atoms with Gasteiger partial charge in [-0.15, -0.1) is 0 Å². The number of rotatable bonds is 4. The Hall–Kier alpha value is -3.60. The van der Waals surface area contributed by atoms with E-state index in [2.05, 4.69) is 19.2 Å². The summed E-state index contributed by atoms with van der Waals surface area (Å²) in [5.41, 5.74) is 2.65. The van der Waals surface area contributed by atoms with Gasteiger partial charge < -0.3 is 9.84 Å². The Balaban J connectivity index is 1.56. The lowest BCUT2D eigenvalue weighted by atomic mass is 9.78. The summed E-state index contributed by atoms with van der Waals surface area (Å²) in [6.07, 6.45) is 0. The normalized spacial score (nSPS) is 13.2. The molecule has 0 aromatic heterocycles. The first-order valence-electron chi connectivity index (χ1n) is 8.92. The van der Waals surface area contributed by atoms with Crippen molar-refractivity contribution in [3.8, 4) is 17.2 Å². The molecule has 0 fully saturated rings. The van der Waals surface area contributed by atoms with Crippen LogP contribution in [-0.2, 0) is 5.41 Å². The number of benzene rings is 3. The summed E-state index contributed by atoms with van der Waals surface area (Å²) in [7, 11) is 0. The summed E-state index contributed by atoms with van der Waals surface area (Å²) in [4.78, 5) is 23.4. The number of carbonyl (C=O) groups is 2. The fourth-order valence-corrected chi connectivity index (χ4v) is 3.33. The Bertz CT molecular complexity index is 1070. The van der Waals surface area contributed by atoms with Crippen molar-refractivity contribution in [3.05, 3.63) is 89.0 Å². The SMILES string of the molecule is CC(C)(c1ccc(O)cc1)c1ccc(Oc2ccc3c(c2)C(=O)NC3=O)cc1. The third kappa shape index (κ3) is 3.11. The van der Waals surface area contributed by atoms with Crippen LogP contribution in [-0.4, -0.2) is 16.9 Å². The minimum absolute atomic E-state index is 0.238. The van der Waals surface area contributed by atoms with Gasteiger partial charge >= 0.3 is 0 Å². The Kier molecular flexibility index (Phi) is 4.15. The van der Waals surface area contributed by atoms with Crippen molar-refractivity contribution in [2.24, 2.45) is 0 Å². The summed E-state index contributed by atoms with van der Waals surface area (Å²) < 4.78 is 5.85. The van der Waals surface area contributed by atoms with Crippen LogP contribution in [0.1, 0.15) is 45.7 Å². The predicted molar refractivity (Wildman–Crippen MR) is 105 cm³/mol. The number of ether oxygens (including phenoxy) is 1. The number of amides is 2. The second kappa shape index (κ2) is 6.53. The molecule has 0 saturated carbocycles. The highest BCUT2D eigenvalue weighted by molar-refractivity contribution is 6.21. The van der Waals surface area contributed by atoms with Crippen LogP contribution in [0.3, 0.4) is 0 Å². The lowest BCUT2D eigenvalue weighted by molar-refractivity contribution is 0.0879. The van der Waals surface area contributed by atoms with Gasteiger partial charge in [-0.1, -0.05) is 38.1 Å². The molecule has 3 aromatic carbocycles. The van der Waals surface area contributed by atoms with Crippen molar-refractivity contribution in [1.29, 1.82) is 0 Å². The zero-order valence-corrected chi connectivity index (χ0v) is 15.5. The van der Waals surface area contributed by atoms with Gasteiger partial charge in [-0.25, -0.2) is 0 Å². The molecule has 0 atom stereocenters. The van der Waals surface area contributed by atoms with E-state index in [0.717, 1.165) is 11.1 Å². The van der Waals surface area contributed by atoms with Gasteiger partial charge in [0.05, 0.1) is 11.1 Å². The lowest BCUT2D eigenvalue weighted by Crippen LogP contribution is -2.19. The molecule has 0 bridgehead atoms. The number of carbonyl (C=O) groups excluding carboxylic acids is 2. The van der Waals surface area contributed by atoms with Crippen molar-refractivity contribution in [1.82, 2.24) is 5.32 Å². The Labute approximate surface area is 162 Å². The average molecular weight is 373 g/mol. The number of hydrogen-bond acceptors (Lipinski definition) is 4. The first-order valence-corrected chi connectivity index (χ1v) is 8.92. The zero-order chi connectivity index (χ0) is 19.9. The van der Waals surface area contributed by atoms with Crippen LogP contribution in [0.25, 0.3) is 0 Å². The lowest BCUT2D eigenvalue weighted by Gasteiger charge is -2.26. The second-order valence-electron chi connectivity index (χ2n) is 7.29. The highest BCUT2D eigenvalue weighted by atomic mass is 16.5.